The van der Waals surface area contributed by atoms with Crippen LogP contribution in [0.4, 0.5) is 0 Å². The van der Waals surface area contributed by atoms with Crippen molar-refractivity contribution in [1.82, 2.24) is 24.8 Å². The van der Waals surface area contributed by atoms with Crippen molar-refractivity contribution in [2.75, 3.05) is 0 Å². The summed E-state index contributed by atoms with van der Waals surface area (Å²) in [5.41, 5.74) is 1.96. The van der Waals surface area contributed by atoms with Gasteiger partial charge in [-0.2, -0.15) is 9.61 Å². The van der Waals surface area contributed by atoms with Crippen molar-refractivity contribution in [2.24, 2.45) is 0 Å². The zero-order valence-electron chi connectivity index (χ0n) is 11.8. The van der Waals surface area contributed by atoms with E-state index in [1.807, 2.05) is 48.6 Å². The van der Waals surface area contributed by atoms with E-state index in [-0.39, 0.29) is 0 Å². The van der Waals surface area contributed by atoms with Crippen LogP contribution in [0.1, 0.15) is 10.6 Å². The van der Waals surface area contributed by atoms with Crippen LogP contribution >= 0.6 is 22.9 Å². The first-order valence-electron chi connectivity index (χ1n) is 6.86. The number of halogens is 1. The molecule has 5 nitrogen and oxygen atoms in total. The molecular formula is C16H10ClN5S. The number of benzene rings is 1. The first-order chi connectivity index (χ1) is 11.3. The summed E-state index contributed by atoms with van der Waals surface area (Å²) >= 11 is 7.47. The van der Waals surface area contributed by atoms with Gasteiger partial charge in [0, 0.05) is 23.0 Å². The minimum Gasteiger partial charge on any atom is -0.265 e. The highest BCUT2D eigenvalue weighted by atomic mass is 35.5. The summed E-state index contributed by atoms with van der Waals surface area (Å²) in [6, 6.07) is 11.4. The summed E-state index contributed by atoms with van der Waals surface area (Å²) in [6.07, 6.45) is 7.37. The molecule has 0 saturated carbocycles. The van der Waals surface area contributed by atoms with Gasteiger partial charge in [0.1, 0.15) is 5.01 Å². The second-order valence-electron chi connectivity index (χ2n) is 4.78. The van der Waals surface area contributed by atoms with Crippen molar-refractivity contribution in [3.8, 4) is 11.4 Å². The molecule has 4 rings (SSSR count). The lowest BCUT2D eigenvalue weighted by Crippen LogP contribution is -1.90. The summed E-state index contributed by atoms with van der Waals surface area (Å²) in [7, 11) is 0. The summed E-state index contributed by atoms with van der Waals surface area (Å²) < 4.78 is 1.75. The second kappa shape index (κ2) is 5.91. The molecule has 0 saturated heterocycles. The molecule has 0 amide bonds. The van der Waals surface area contributed by atoms with Crippen LogP contribution in [-0.2, 0) is 0 Å². The Morgan fingerprint density at radius 3 is 2.74 bits per heavy atom. The molecule has 23 heavy (non-hydrogen) atoms. The first-order valence-corrected chi connectivity index (χ1v) is 8.05. The smallest absolute Gasteiger partial charge is 0.235 e. The van der Waals surface area contributed by atoms with E-state index in [1.165, 1.54) is 11.3 Å². The molecule has 0 radical (unpaired) electrons. The monoisotopic (exact) mass is 339 g/mol. The van der Waals surface area contributed by atoms with Gasteiger partial charge in [0.2, 0.25) is 4.96 Å². The molecule has 4 aromatic rings. The number of rotatable bonds is 3. The molecule has 112 valence electrons. The maximum absolute atomic E-state index is 5.99. The van der Waals surface area contributed by atoms with Crippen LogP contribution in [0.15, 0.2) is 48.8 Å². The summed E-state index contributed by atoms with van der Waals surface area (Å²) in [6.45, 7) is 0. The summed E-state index contributed by atoms with van der Waals surface area (Å²) in [4.78, 5) is 4.77. The van der Waals surface area contributed by atoms with Gasteiger partial charge in [0.25, 0.3) is 0 Å². The van der Waals surface area contributed by atoms with E-state index >= 15 is 0 Å². The fraction of sp³-hybridized carbons (Fsp3) is 0. The standard InChI is InChI=1S/C16H10ClN5S/c17-13-3-1-2-11(10-13)4-5-14-21-22-15(19-20-16(22)23-14)12-6-8-18-9-7-12/h1-10H. The van der Waals surface area contributed by atoms with Crippen LogP contribution in [0.2, 0.25) is 5.02 Å². The number of hydrogen-bond acceptors (Lipinski definition) is 5. The summed E-state index contributed by atoms with van der Waals surface area (Å²) in [5, 5.41) is 14.5. The number of hydrogen-bond donors (Lipinski definition) is 0. The molecule has 0 atom stereocenters. The van der Waals surface area contributed by atoms with E-state index < -0.39 is 0 Å². The summed E-state index contributed by atoms with van der Waals surface area (Å²) in [5.74, 6) is 0.709. The lowest BCUT2D eigenvalue weighted by molar-refractivity contribution is 0.959. The minimum atomic E-state index is 0.709. The van der Waals surface area contributed by atoms with Crippen LogP contribution < -0.4 is 0 Å². The minimum absolute atomic E-state index is 0.709. The Bertz CT molecular complexity index is 990. The normalized spacial score (nSPS) is 11.5. The molecular weight excluding hydrogens is 330 g/mol. The predicted octanol–water partition coefficient (Wildman–Crippen LogP) is 4.07. The zero-order valence-corrected chi connectivity index (χ0v) is 13.4. The Morgan fingerprint density at radius 1 is 1.04 bits per heavy atom. The highest BCUT2D eigenvalue weighted by Crippen LogP contribution is 2.22. The first kappa shape index (κ1) is 14.0. The third kappa shape index (κ3) is 2.86. The van der Waals surface area contributed by atoms with Crippen LogP contribution in [-0.4, -0.2) is 24.8 Å². The number of pyridine rings is 1. The Labute approximate surface area is 140 Å². The molecule has 0 aliphatic carbocycles. The van der Waals surface area contributed by atoms with Gasteiger partial charge in [0.15, 0.2) is 5.82 Å². The van der Waals surface area contributed by atoms with Crippen LogP contribution in [0.5, 0.6) is 0 Å². The molecule has 0 unspecified atom stereocenters. The third-order valence-electron chi connectivity index (χ3n) is 3.21. The fourth-order valence-electron chi connectivity index (χ4n) is 2.16. The van der Waals surface area contributed by atoms with E-state index in [2.05, 4.69) is 20.3 Å². The van der Waals surface area contributed by atoms with Crippen molar-refractivity contribution < 1.29 is 0 Å². The van der Waals surface area contributed by atoms with Gasteiger partial charge < -0.3 is 0 Å². The maximum Gasteiger partial charge on any atom is 0.235 e. The van der Waals surface area contributed by atoms with Crippen molar-refractivity contribution in [2.45, 2.75) is 0 Å². The Kier molecular flexibility index (Phi) is 3.61. The highest BCUT2D eigenvalue weighted by molar-refractivity contribution is 7.17. The Balaban J connectivity index is 1.69. The van der Waals surface area contributed by atoms with Crippen molar-refractivity contribution in [3.63, 3.8) is 0 Å². The van der Waals surface area contributed by atoms with Gasteiger partial charge in [0.05, 0.1) is 0 Å². The van der Waals surface area contributed by atoms with Gasteiger partial charge >= 0.3 is 0 Å². The molecule has 7 heteroatoms. The molecule has 0 aliphatic rings. The molecule has 3 aromatic heterocycles. The average Bonchev–Trinajstić information content (AvgIpc) is 3.14. The Morgan fingerprint density at radius 2 is 1.91 bits per heavy atom. The van der Waals surface area contributed by atoms with Crippen molar-refractivity contribution in [1.29, 1.82) is 0 Å². The number of fused-ring (bicyclic) bond motifs is 1. The van der Waals surface area contributed by atoms with Crippen LogP contribution in [0.3, 0.4) is 0 Å². The van der Waals surface area contributed by atoms with E-state index in [1.54, 1.807) is 16.9 Å². The second-order valence-corrected chi connectivity index (χ2v) is 6.21. The lowest BCUT2D eigenvalue weighted by Gasteiger charge is -1.94. The van der Waals surface area contributed by atoms with Gasteiger partial charge in [-0.15, -0.1) is 10.2 Å². The Hall–Kier alpha value is -2.57. The fourth-order valence-corrected chi connectivity index (χ4v) is 3.10. The van der Waals surface area contributed by atoms with E-state index in [4.69, 9.17) is 11.6 Å². The largest absolute Gasteiger partial charge is 0.265 e. The third-order valence-corrected chi connectivity index (χ3v) is 4.31. The quantitative estimate of drug-likeness (QED) is 0.564. The van der Waals surface area contributed by atoms with Crippen LogP contribution in [0.25, 0.3) is 28.5 Å². The molecule has 1 aromatic carbocycles. The molecule has 0 aliphatic heterocycles. The number of aromatic nitrogens is 5. The van der Waals surface area contributed by atoms with Crippen LogP contribution in [0, 0.1) is 0 Å². The van der Waals surface area contributed by atoms with E-state index in [0.29, 0.717) is 10.8 Å². The van der Waals surface area contributed by atoms with Gasteiger partial charge in [-0.3, -0.25) is 4.98 Å². The number of nitrogens with zero attached hydrogens (tertiary/aromatic N) is 5. The lowest BCUT2D eigenvalue weighted by atomic mass is 10.2. The molecule has 0 bridgehead atoms. The zero-order chi connectivity index (χ0) is 15.6. The van der Waals surface area contributed by atoms with Gasteiger partial charge in [-0.25, -0.2) is 0 Å². The topological polar surface area (TPSA) is 56.0 Å². The SMILES string of the molecule is Clc1cccc(C=Cc2nn3c(-c4ccncc4)nnc3s2)c1. The molecule has 0 N–H and O–H groups in total. The molecule has 0 fully saturated rings. The van der Waals surface area contributed by atoms with Gasteiger partial charge in [-0.1, -0.05) is 41.1 Å². The average molecular weight is 340 g/mol. The molecule has 0 spiro atoms. The van der Waals surface area contributed by atoms with Crippen molar-refractivity contribution in [3.05, 3.63) is 64.4 Å². The maximum atomic E-state index is 5.99. The highest BCUT2D eigenvalue weighted by Gasteiger charge is 2.11. The predicted molar refractivity (Wildman–Crippen MR) is 92.3 cm³/mol. The molecule has 3 heterocycles. The van der Waals surface area contributed by atoms with E-state index in [9.17, 15) is 0 Å². The van der Waals surface area contributed by atoms with E-state index in [0.717, 1.165) is 21.1 Å². The van der Waals surface area contributed by atoms with Gasteiger partial charge in [-0.05, 0) is 35.9 Å². The van der Waals surface area contributed by atoms with Crippen molar-refractivity contribution >= 4 is 40.1 Å².